The number of benzene rings is 2. The third-order valence-corrected chi connectivity index (χ3v) is 4.99. The van der Waals surface area contributed by atoms with E-state index in [0.29, 0.717) is 23.6 Å². The van der Waals surface area contributed by atoms with Gasteiger partial charge in [0.2, 0.25) is 5.91 Å². The zero-order chi connectivity index (χ0) is 19.9. The van der Waals surface area contributed by atoms with Gasteiger partial charge in [0.15, 0.2) is 0 Å². The van der Waals surface area contributed by atoms with E-state index in [1.165, 1.54) is 0 Å². The van der Waals surface area contributed by atoms with Crippen LogP contribution in [0.15, 0.2) is 42.5 Å². The molecular formula is C22H26N2O4. The molecule has 0 saturated heterocycles. The highest BCUT2D eigenvalue weighted by Crippen LogP contribution is 2.26. The Morgan fingerprint density at radius 2 is 1.68 bits per heavy atom. The van der Waals surface area contributed by atoms with Crippen molar-refractivity contribution in [2.75, 3.05) is 19.5 Å². The Balaban J connectivity index is 1.61. The highest BCUT2D eigenvalue weighted by molar-refractivity contribution is 5.95. The lowest BCUT2D eigenvalue weighted by molar-refractivity contribution is -0.119. The SMILES string of the molecule is COc1cc(OC)cc(C(=O)NCc2cccc(NC(=O)C3CCCC3)c2)c1. The first-order valence-corrected chi connectivity index (χ1v) is 9.50. The van der Waals surface area contributed by atoms with Crippen molar-refractivity contribution in [2.45, 2.75) is 32.2 Å². The van der Waals surface area contributed by atoms with Crippen molar-refractivity contribution in [1.29, 1.82) is 0 Å². The summed E-state index contributed by atoms with van der Waals surface area (Å²) in [6, 6.07) is 12.6. The summed E-state index contributed by atoms with van der Waals surface area (Å²) in [6.07, 6.45) is 4.18. The summed E-state index contributed by atoms with van der Waals surface area (Å²) in [5, 5.41) is 5.88. The van der Waals surface area contributed by atoms with Crippen molar-refractivity contribution < 1.29 is 19.1 Å². The molecule has 2 amide bonds. The maximum absolute atomic E-state index is 12.5. The summed E-state index contributed by atoms with van der Waals surface area (Å²) in [5.41, 5.74) is 2.13. The minimum Gasteiger partial charge on any atom is -0.497 e. The average Bonchev–Trinajstić information content (AvgIpc) is 3.27. The zero-order valence-electron chi connectivity index (χ0n) is 16.3. The van der Waals surface area contributed by atoms with Crippen LogP contribution in [0.3, 0.4) is 0 Å². The molecule has 6 nitrogen and oxygen atoms in total. The fourth-order valence-corrected chi connectivity index (χ4v) is 3.41. The maximum Gasteiger partial charge on any atom is 0.251 e. The molecule has 2 N–H and O–H groups in total. The van der Waals surface area contributed by atoms with Crippen LogP contribution in [0.25, 0.3) is 0 Å². The smallest absolute Gasteiger partial charge is 0.251 e. The van der Waals surface area contributed by atoms with Crippen LogP contribution in [0.1, 0.15) is 41.6 Å². The fraction of sp³-hybridized carbons (Fsp3) is 0.364. The van der Waals surface area contributed by atoms with E-state index in [0.717, 1.165) is 36.9 Å². The van der Waals surface area contributed by atoms with E-state index in [9.17, 15) is 9.59 Å². The topological polar surface area (TPSA) is 76.7 Å². The number of rotatable bonds is 7. The van der Waals surface area contributed by atoms with E-state index in [4.69, 9.17) is 9.47 Å². The van der Waals surface area contributed by atoms with Crippen LogP contribution in [0, 0.1) is 5.92 Å². The van der Waals surface area contributed by atoms with Crippen molar-refractivity contribution in [1.82, 2.24) is 5.32 Å². The van der Waals surface area contributed by atoms with Gasteiger partial charge < -0.3 is 20.1 Å². The van der Waals surface area contributed by atoms with Gasteiger partial charge in [0, 0.05) is 29.8 Å². The molecule has 0 unspecified atom stereocenters. The molecule has 3 rings (SSSR count). The van der Waals surface area contributed by atoms with Crippen molar-refractivity contribution in [2.24, 2.45) is 5.92 Å². The molecule has 1 saturated carbocycles. The molecule has 0 aliphatic heterocycles. The first-order valence-electron chi connectivity index (χ1n) is 9.50. The number of carbonyl (C=O) groups is 2. The molecule has 1 aliphatic rings. The molecule has 2 aromatic carbocycles. The maximum atomic E-state index is 12.5. The summed E-state index contributed by atoms with van der Waals surface area (Å²) in [4.78, 5) is 24.8. The lowest BCUT2D eigenvalue weighted by Crippen LogP contribution is -2.23. The molecule has 0 spiro atoms. The average molecular weight is 382 g/mol. The number of amides is 2. The predicted octanol–water partition coefficient (Wildman–Crippen LogP) is 3.76. The standard InChI is InChI=1S/C22H26N2O4/c1-27-19-11-17(12-20(13-19)28-2)21(25)23-14-15-6-5-9-18(10-15)24-22(26)16-7-3-4-8-16/h5-6,9-13,16H,3-4,7-8,14H2,1-2H3,(H,23,25)(H,24,26). The van der Waals surface area contributed by atoms with Crippen LogP contribution in [0.4, 0.5) is 5.69 Å². The quantitative estimate of drug-likeness (QED) is 0.764. The second-order valence-electron chi connectivity index (χ2n) is 6.96. The predicted molar refractivity (Wildman–Crippen MR) is 108 cm³/mol. The Labute approximate surface area is 165 Å². The van der Waals surface area contributed by atoms with Gasteiger partial charge in [0.05, 0.1) is 14.2 Å². The van der Waals surface area contributed by atoms with E-state index >= 15 is 0 Å². The summed E-state index contributed by atoms with van der Waals surface area (Å²) >= 11 is 0. The zero-order valence-corrected chi connectivity index (χ0v) is 16.3. The van der Waals surface area contributed by atoms with Crippen LogP contribution >= 0.6 is 0 Å². The number of ether oxygens (including phenoxy) is 2. The molecule has 0 aromatic heterocycles. The van der Waals surface area contributed by atoms with E-state index in [1.54, 1.807) is 32.4 Å². The van der Waals surface area contributed by atoms with Crippen LogP contribution in [-0.4, -0.2) is 26.0 Å². The number of methoxy groups -OCH3 is 2. The number of hydrogen-bond acceptors (Lipinski definition) is 4. The summed E-state index contributed by atoms with van der Waals surface area (Å²) in [5.74, 6) is 1.09. The van der Waals surface area contributed by atoms with Gasteiger partial charge in [-0.25, -0.2) is 0 Å². The van der Waals surface area contributed by atoms with Gasteiger partial charge in [-0.05, 0) is 42.7 Å². The molecule has 148 valence electrons. The van der Waals surface area contributed by atoms with Gasteiger partial charge in [-0.3, -0.25) is 9.59 Å². The third-order valence-electron chi connectivity index (χ3n) is 4.99. The second kappa shape index (κ2) is 9.26. The molecular weight excluding hydrogens is 356 g/mol. The Morgan fingerprint density at radius 3 is 2.32 bits per heavy atom. The minimum atomic E-state index is -0.224. The lowest BCUT2D eigenvalue weighted by atomic mass is 10.1. The largest absolute Gasteiger partial charge is 0.497 e. The Kier molecular flexibility index (Phi) is 6.53. The van der Waals surface area contributed by atoms with E-state index in [-0.39, 0.29) is 17.7 Å². The van der Waals surface area contributed by atoms with Crippen LogP contribution in [-0.2, 0) is 11.3 Å². The lowest BCUT2D eigenvalue weighted by Gasteiger charge is -2.12. The number of carbonyl (C=O) groups excluding carboxylic acids is 2. The molecule has 0 heterocycles. The number of hydrogen-bond donors (Lipinski definition) is 2. The van der Waals surface area contributed by atoms with Gasteiger partial charge in [0.25, 0.3) is 5.91 Å². The van der Waals surface area contributed by atoms with Crippen molar-refractivity contribution >= 4 is 17.5 Å². The Bertz CT molecular complexity index is 822. The monoisotopic (exact) mass is 382 g/mol. The van der Waals surface area contributed by atoms with Gasteiger partial charge >= 0.3 is 0 Å². The molecule has 28 heavy (non-hydrogen) atoms. The van der Waals surface area contributed by atoms with E-state index < -0.39 is 0 Å². The van der Waals surface area contributed by atoms with E-state index in [2.05, 4.69) is 10.6 Å². The molecule has 0 bridgehead atoms. The fourth-order valence-electron chi connectivity index (χ4n) is 3.41. The highest BCUT2D eigenvalue weighted by Gasteiger charge is 2.22. The number of nitrogens with one attached hydrogen (secondary N) is 2. The van der Waals surface area contributed by atoms with Crippen LogP contribution in [0.5, 0.6) is 11.5 Å². The van der Waals surface area contributed by atoms with E-state index in [1.807, 2.05) is 24.3 Å². The first-order chi connectivity index (χ1) is 13.6. The summed E-state index contributed by atoms with van der Waals surface area (Å²) in [6.45, 7) is 0.353. The molecule has 2 aromatic rings. The van der Waals surface area contributed by atoms with Crippen LogP contribution < -0.4 is 20.1 Å². The molecule has 0 radical (unpaired) electrons. The van der Waals surface area contributed by atoms with Gasteiger partial charge in [0.1, 0.15) is 11.5 Å². The third kappa shape index (κ3) is 5.03. The summed E-state index contributed by atoms with van der Waals surface area (Å²) in [7, 11) is 3.09. The molecule has 1 fully saturated rings. The summed E-state index contributed by atoms with van der Waals surface area (Å²) < 4.78 is 10.4. The van der Waals surface area contributed by atoms with Crippen LogP contribution in [0.2, 0.25) is 0 Å². The number of anilines is 1. The van der Waals surface area contributed by atoms with Gasteiger partial charge in [-0.15, -0.1) is 0 Å². The minimum absolute atomic E-state index is 0.0853. The van der Waals surface area contributed by atoms with Crippen molar-refractivity contribution in [3.05, 3.63) is 53.6 Å². The molecule has 0 atom stereocenters. The second-order valence-corrected chi connectivity index (χ2v) is 6.96. The van der Waals surface area contributed by atoms with Crippen molar-refractivity contribution in [3.63, 3.8) is 0 Å². The Morgan fingerprint density at radius 1 is 1.00 bits per heavy atom. The van der Waals surface area contributed by atoms with Gasteiger partial charge in [-0.2, -0.15) is 0 Å². The first kappa shape index (κ1) is 19.7. The van der Waals surface area contributed by atoms with Gasteiger partial charge in [-0.1, -0.05) is 25.0 Å². The molecule has 1 aliphatic carbocycles. The highest BCUT2D eigenvalue weighted by atomic mass is 16.5. The Hall–Kier alpha value is -3.02. The van der Waals surface area contributed by atoms with Crippen molar-refractivity contribution in [3.8, 4) is 11.5 Å². The molecule has 6 heteroatoms. The normalized spacial score (nSPS) is 13.8.